The summed E-state index contributed by atoms with van der Waals surface area (Å²) in [5, 5.41) is 0. The van der Waals surface area contributed by atoms with Gasteiger partial charge in [-0.3, -0.25) is 9.59 Å². The zero-order valence-corrected chi connectivity index (χ0v) is 10.5. The molecule has 16 heavy (non-hydrogen) atoms. The average molecular weight is 223 g/mol. The molecule has 0 saturated carbocycles. The van der Waals surface area contributed by atoms with Crippen molar-refractivity contribution in [1.29, 1.82) is 0 Å². The molecule has 1 heterocycles. The molecule has 1 saturated heterocycles. The summed E-state index contributed by atoms with van der Waals surface area (Å²) in [5.41, 5.74) is -0.777. The third-order valence-corrected chi connectivity index (χ3v) is 3.67. The van der Waals surface area contributed by atoms with E-state index in [0.29, 0.717) is 25.9 Å². The van der Waals surface area contributed by atoms with E-state index in [9.17, 15) is 9.59 Å². The molecule has 0 aromatic carbocycles. The van der Waals surface area contributed by atoms with E-state index in [2.05, 4.69) is 6.58 Å². The minimum absolute atomic E-state index is 0.0134. The molecule has 0 N–H and O–H groups in total. The second kappa shape index (κ2) is 4.81. The first-order valence-corrected chi connectivity index (χ1v) is 5.98. The van der Waals surface area contributed by atoms with Crippen molar-refractivity contribution in [2.24, 2.45) is 11.3 Å². The predicted octanol–water partition coefficient (Wildman–Crippen LogP) is 2.03. The summed E-state index contributed by atoms with van der Waals surface area (Å²) in [4.78, 5) is 26.3. The maximum absolute atomic E-state index is 12.3. The van der Waals surface area contributed by atoms with Crippen molar-refractivity contribution in [1.82, 2.24) is 4.90 Å². The molecule has 0 bridgehead atoms. The number of hydrogen-bond acceptors (Lipinski definition) is 2. The Morgan fingerprint density at radius 1 is 1.44 bits per heavy atom. The van der Waals surface area contributed by atoms with Crippen molar-refractivity contribution < 1.29 is 9.59 Å². The molecule has 0 aliphatic carbocycles. The Balaban J connectivity index is 3.07. The minimum Gasteiger partial charge on any atom is -0.337 e. The minimum atomic E-state index is -0.777. The van der Waals surface area contributed by atoms with Gasteiger partial charge in [-0.05, 0) is 12.8 Å². The van der Waals surface area contributed by atoms with Crippen molar-refractivity contribution in [3.63, 3.8) is 0 Å². The van der Waals surface area contributed by atoms with Crippen LogP contribution >= 0.6 is 0 Å². The number of ketones is 1. The number of carbonyl (C=O) groups excluding carboxylic acids is 2. The van der Waals surface area contributed by atoms with E-state index in [1.54, 1.807) is 11.0 Å². The predicted molar refractivity (Wildman–Crippen MR) is 64.0 cm³/mol. The van der Waals surface area contributed by atoms with E-state index in [1.165, 1.54) is 0 Å². The van der Waals surface area contributed by atoms with Gasteiger partial charge < -0.3 is 4.90 Å². The van der Waals surface area contributed by atoms with E-state index in [-0.39, 0.29) is 17.6 Å². The van der Waals surface area contributed by atoms with Crippen molar-refractivity contribution in [3.05, 3.63) is 12.7 Å². The molecule has 90 valence electrons. The first-order valence-electron chi connectivity index (χ1n) is 5.98. The van der Waals surface area contributed by atoms with Crippen molar-refractivity contribution in [2.45, 2.75) is 33.6 Å². The third kappa shape index (κ3) is 1.79. The molecule has 1 aliphatic heterocycles. The molecule has 0 aromatic rings. The van der Waals surface area contributed by atoms with Crippen LogP contribution in [0.2, 0.25) is 0 Å². The zero-order valence-electron chi connectivity index (χ0n) is 10.5. The number of piperidine rings is 1. The lowest BCUT2D eigenvalue weighted by Crippen LogP contribution is -2.57. The molecule has 3 heteroatoms. The number of rotatable bonds is 4. The Labute approximate surface area is 97.5 Å². The lowest BCUT2D eigenvalue weighted by molar-refractivity contribution is -0.158. The standard InChI is InChI=1S/C13H21NO2/c1-5-8-14-9-10(4)11(15)13(6-2,7-3)12(14)16/h5,10H,1,6-9H2,2-4H3. The van der Waals surface area contributed by atoms with Gasteiger partial charge in [-0.1, -0.05) is 26.8 Å². The molecule has 1 aliphatic rings. The van der Waals surface area contributed by atoms with Crippen LogP contribution in [-0.2, 0) is 9.59 Å². The summed E-state index contributed by atoms with van der Waals surface area (Å²) in [7, 11) is 0. The monoisotopic (exact) mass is 223 g/mol. The normalized spacial score (nSPS) is 24.7. The van der Waals surface area contributed by atoms with Gasteiger partial charge in [0.25, 0.3) is 0 Å². The fourth-order valence-electron chi connectivity index (χ4n) is 2.59. The topological polar surface area (TPSA) is 37.4 Å². The maximum Gasteiger partial charge on any atom is 0.236 e. The first-order chi connectivity index (χ1) is 7.53. The van der Waals surface area contributed by atoms with Gasteiger partial charge in [0.05, 0.1) is 0 Å². The number of amides is 1. The van der Waals surface area contributed by atoms with Crippen LogP contribution in [0.4, 0.5) is 0 Å². The van der Waals surface area contributed by atoms with Crippen LogP contribution in [-0.4, -0.2) is 29.7 Å². The van der Waals surface area contributed by atoms with Gasteiger partial charge in [-0.2, -0.15) is 0 Å². The maximum atomic E-state index is 12.3. The first kappa shape index (κ1) is 12.9. The Bertz CT molecular complexity index is 305. The molecule has 1 unspecified atom stereocenters. The van der Waals surface area contributed by atoms with Crippen LogP contribution in [0.3, 0.4) is 0 Å². The van der Waals surface area contributed by atoms with Crippen LogP contribution in [0.5, 0.6) is 0 Å². The summed E-state index contributed by atoms with van der Waals surface area (Å²) < 4.78 is 0. The Morgan fingerprint density at radius 3 is 2.44 bits per heavy atom. The van der Waals surface area contributed by atoms with Crippen LogP contribution in [0.25, 0.3) is 0 Å². The lowest BCUT2D eigenvalue weighted by Gasteiger charge is -2.42. The Hall–Kier alpha value is -1.12. The summed E-state index contributed by atoms with van der Waals surface area (Å²) in [6.45, 7) is 10.5. The molecule has 0 radical (unpaired) electrons. The summed E-state index contributed by atoms with van der Waals surface area (Å²) >= 11 is 0. The van der Waals surface area contributed by atoms with Gasteiger partial charge in [0.1, 0.15) is 5.41 Å². The van der Waals surface area contributed by atoms with Crippen LogP contribution in [0, 0.1) is 11.3 Å². The van der Waals surface area contributed by atoms with Crippen molar-refractivity contribution >= 4 is 11.7 Å². The van der Waals surface area contributed by atoms with Crippen LogP contribution in [0.15, 0.2) is 12.7 Å². The average Bonchev–Trinajstić information content (AvgIpc) is 2.28. The molecule has 3 nitrogen and oxygen atoms in total. The molecule has 1 amide bonds. The number of Topliss-reactive ketones (excluding diaryl/α,β-unsaturated/α-hetero) is 1. The van der Waals surface area contributed by atoms with Gasteiger partial charge in [0.15, 0.2) is 5.78 Å². The van der Waals surface area contributed by atoms with E-state index < -0.39 is 5.41 Å². The fraction of sp³-hybridized carbons (Fsp3) is 0.692. The molecular formula is C13H21NO2. The molecule has 1 rings (SSSR count). The zero-order chi connectivity index (χ0) is 12.3. The van der Waals surface area contributed by atoms with Crippen molar-refractivity contribution in [3.8, 4) is 0 Å². The highest BCUT2D eigenvalue weighted by atomic mass is 16.2. The van der Waals surface area contributed by atoms with Gasteiger partial charge in [0.2, 0.25) is 5.91 Å². The molecule has 1 fully saturated rings. The molecule has 0 spiro atoms. The number of nitrogens with zero attached hydrogens (tertiary/aromatic N) is 1. The summed E-state index contributed by atoms with van der Waals surface area (Å²) in [6.07, 6.45) is 2.91. The number of hydrogen-bond donors (Lipinski definition) is 0. The second-order valence-electron chi connectivity index (χ2n) is 4.55. The van der Waals surface area contributed by atoms with Crippen LogP contribution < -0.4 is 0 Å². The lowest BCUT2D eigenvalue weighted by atomic mass is 9.70. The largest absolute Gasteiger partial charge is 0.337 e. The van der Waals surface area contributed by atoms with Crippen LogP contribution in [0.1, 0.15) is 33.6 Å². The smallest absolute Gasteiger partial charge is 0.236 e. The molecule has 0 aromatic heterocycles. The van der Waals surface area contributed by atoms with Gasteiger partial charge in [-0.15, -0.1) is 6.58 Å². The molecule has 1 atom stereocenters. The highest BCUT2D eigenvalue weighted by molar-refractivity contribution is 6.08. The van der Waals surface area contributed by atoms with Gasteiger partial charge in [-0.25, -0.2) is 0 Å². The van der Waals surface area contributed by atoms with E-state index in [1.807, 2.05) is 20.8 Å². The SMILES string of the molecule is C=CCN1CC(C)C(=O)C(CC)(CC)C1=O. The van der Waals surface area contributed by atoms with Gasteiger partial charge in [0, 0.05) is 19.0 Å². The quantitative estimate of drug-likeness (QED) is 0.540. The van der Waals surface area contributed by atoms with E-state index in [0.717, 1.165) is 0 Å². The third-order valence-electron chi connectivity index (χ3n) is 3.67. The summed E-state index contributed by atoms with van der Waals surface area (Å²) in [5.74, 6) is 0.0425. The number of carbonyl (C=O) groups is 2. The van der Waals surface area contributed by atoms with E-state index >= 15 is 0 Å². The Kier molecular flexibility index (Phi) is 3.89. The van der Waals surface area contributed by atoms with Crippen molar-refractivity contribution in [2.75, 3.05) is 13.1 Å². The Morgan fingerprint density at radius 2 is 2.00 bits per heavy atom. The van der Waals surface area contributed by atoms with E-state index in [4.69, 9.17) is 0 Å². The number of likely N-dealkylation sites (tertiary alicyclic amines) is 1. The summed E-state index contributed by atoms with van der Waals surface area (Å²) in [6, 6.07) is 0. The highest BCUT2D eigenvalue weighted by Gasteiger charge is 2.50. The molecular weight excluding hydrogens is 202 g/mol. The van der Waals surface area contributed by atoms with Gasteiger partial charge >= 0.3 is 0 Å². The second-order valence-corrected chi connectivity index (χ2v) is 4.55. The fourth-order valence-corrected chi connectivity index (χ4v) is 2.59. The highest BCUT2D eigenvalue weighted by Crippen LogP contribution is 2.36.